The summed E-state index contributed by atoms with van der Waals surface area (Å²) in [6.07, 6.45) is 0. The number of nitrogens with zero attached hydrogens (tertiary/aromatic N) is 2. The van der Waals surface area contributed by atoms with Crippen LogP contribution in [0.4, 0.5) is 5.69 Å². The maximum atomic E-state index is 12.4. The van der Waals surface area contributed by atoms with Crippen LogP contribution in [-0.4, -0.2) is 56.5 Å². The highest BCUT2D eigenvalue weighted by Gasteiger charge is 2.27. The summed E-state index contributed by atoms with van der Waals surface area (Å²) in [5.74, 6) is -0.0249. The van der Waals surface area contributed by atoms with Crippen LogP contribution >= 0.6 is 11.6 Å². The van der Waals surface area contributed by atoms with Crippen molar-refractivity contribution in [1.29, 1.82) is 0 Å². The van der Waals surface area contributed by atoms with E-state index in [2.05, 4.69) is 24.1 Å². The normalized spacial score (nSPS) is 13.8. The lowest BCUT2D eigenvalue weighted by atomic mass is 10.1. The second-order valence-corrected chi connectivity index (χ2v) is 5.76. The number of amides is 2. The molecule has 7 heteroatoms. The van der Waals surface area contributed by atoms with Crippen molar-refractivity contribution in [3.05, 3.63) is 22.7 Å². The molecule has 0 saturated heterocycles. The van der Waals surface area contributed by atoms with Crippen LogP contribution in [0.1, 0.15) is 24.2 Å². The van der Waals surface area contributed by atoms with Gasteiger partial charge in [0.15, 0.2) is 12.4 Å². The van der Waals surface area contributed by atoms with Gasteiger partial charge in [-0.05, 0) is 25.2 Å². The van der Waals surface area contributed by atoms with Gasteiger partial charge in [0.25, 0.3) is 11.8 Å². The van der Waals surface area contributed by atoms with Crippen LogP contribution in [0.15, 0.2) is 12.1 Å². The highest BCUT2D eigenvalue weighted by molar-refractivity contribution is 6.31. The Labute approximate surface area is 141 Å². The summed E-state index contributed by atoms with van der Waals surface area (Å²) in [4.78, 5) is 27.8. The first kappa shape index (κ1) is 17.6. The molecule has 1 N–H and O–H groups in total. The predicted octanol–water partition coefficient (Wildman–Crippen LogP) is 1.77. The number of hydrogen-bond acceptors (Lipinski definition) is 4. The number of carbonyl (C=O) groups excluding carboxylic acids is 2. The molecule has 0 fully saturated rings. The number of nitrogens with one attached hydrogen (secondary N) is 1. The standard InChI is InChI=1S/C16H22ClN3O3/c1-4-20(5-2)7-6-18-16(22)12-8-11(17)9-13-15(12)23-10-14(21)19(13)3/h8-9H,4-7,10H2,1-3H3,(H,18,22). The molecule has 0 unspecified atom stereocenters. The topological polar surface area (TPSA) is 61.9 Å². The van der Waals surface area contributed by atoms with E-state index in [9.17, 15) is 9.59 Å². The highest BCUT2D eigenvalue weighted by Crippen LogP contribution is 2.37. The number of likely N-dealkylation sites (N-methyl/N-ethyl adjacent to an activating group) is 2. The number of halogens is 1. The number of ether oxygens (including phenoxy) is 1. The van der Waals surface area contributed by atoms with Crippen molar-refractivity contribution in [2.75, 3.05) is 44.7 Å². The van der Waals surface area contributed by atoms with Gasteiger partial charge in [0.2, 0.25) is 0 Å². The fourth-order valence-corrected chi connectivity index (χ4v) is 2.69. The van der Waals surface area contributed by atoms with Gasteiger partial charge >= 0.3 is 0 Å². The Balaban J connectivity index is 2.15. The molecule has 0 spiro atoms. The van der Waals surface area contributed by atoms with Gasteiger partial charge in [-0.15, -0.1) is 0 Å². The molecule has 2 amide bonds. The zero-order chi connectivity index (χ0) is 17.0. The first-order valence-electron chi connectivity index (χ1n) is 7.71. The molecular formula is C16H22ClN3O3. The molecule has 126 valence electrons. The maximum Gasteiger partial charge on any atom is 0.264 e. The average molecular weight is 340 g/mol. The Hall–Kier alpha value is -1.79. The van der Waals surface area contributed by atoms with Crippen molar-refractivity contribution < 1.29 is 14.3 Å². The van der Waals surface area contributed by atoms with Crippen molar-refractivity contribution in [3.63, 3.8) is 0 Å². The molecule has 1 heterocycles. The third kappa shape index (κ3) is 3.95. The highest BCUT2D eigenvalue weighted by atomic mass is 35.5. The second kappa shape index (κ2) is 7.66. The summed E-state index contributed by atoms with van der Waals surface area (Å²) in [7, 11) is 1.64. The Morgan fingerprint density at radius 2 is 2.09 bits per heavy atom. The number of rotatable bonds is 6. The molecule has 1 aliphatic rings. The third-order valence-electron chi connectivity index (χ3n) is 3.96. The van der Waals surface area contributed by atoms with E-state index < -0.39 is 0 Å². The summed E-state index contributed by atoms with van der Waals surface area (Å²) < 4.78 is 5.46. The number of hydrogen-bond donors (Lipinski definition) is 1. The molecular weight excluding hydrogens is 318 g/mol. The van der Waals surface area contributed by atoms with Gasteiger partial charge in [0.05, 0.1) is 11.3 Å². The van der Waals surface area contributed by atoms with Crippen molar-refractivity contribution in [3.8, 4) is 5.75 Å². The lowest BCUT2D eigenvalue weighted by Crippen LogP contribution is -2.38. The van der Waals surface area contributed by atoms with Crippen LogP contribution in [0, 0.1) is 0 Å². The van der Waals surface area contributed by atoms with Crippen LogP contribution in [-0.2, 0) is 4.79 Å². The molecule has 0 saturated carbocycles. The summed E-state index contributed by atoms with van der Waals surface area (Å²) >= 11 is 6.09. The number of carbonyl (C=O) groups is 2. The van der Waals surface area contributed by atoms with Crippen molar-refractivity contribution >= 4 is 29.1 Å². The van der Waals surface area contributed by atoms with Crippen LogP contribution in [0.25, 0.3) is 0 Å². The number of benzene rings is 1. The van der Waals surface area contributed by atoms with Gasteiger partial charge in [0, 0.05) is 25.2 Å². The molecule has 1 aromatic rings. The fraction of sp³-hybridized carbons (Fsp3) is 0.500. The Bertz CT molecular complexity index is 602. The Kier molecular flexibility index (Phi) is 5.85. The minimum absolute atomic E-state index is 0.0785. The van der Waals surface area contributed by atoms with E-state index >= 15 is 0 Å². The molecule has 2 rings (SSSR count). The number of anilines is 1. The van der Waals surface area contributed by atoms with Crippen molar-refractivity contribution in [2.24, 2.45) is 0 Å². The largest absolute Gasteiger partial charge is 0.481 e. The van der Waals surface area contributed by atoms with Gasteiger partial charge in [-0.25, -0.2) is 0 Å². The van der Waals surface area contributed by atoms with Crippen LogP contribution in [0.3, 0.4) is 0 Å². The predicted molar refractivity (Wildman–Crippen MR) is 90.5 cm³/mol. The van der Waals surface area contributed by atoms with E-state index in [0.717, 1.165) is 19.6 Å². The molecule has 1 aliphatic heterocycles. The lowest BCUT2D eigenvalue weighted by Gasteiger charge is -2.27. The minimum atomic E-state index is -0.251. The smallest absolute Gasteiger partial charge is 0.264 e. The van der Waals surface area contributed by atoms with E-state index in [0.29, 0.717) is 28.6 Å². The molecule has 6 nitrogen and oxygen atoms in total. The maximum absolute atomic E-state index is 12.4. The Morgan fingerprint density at radius 3 is 2.74 bits per heavy atom. The zero-order valence-corrected chi connectivity index (χ0v) is 14.4. The van der Waals surface area contributed by atoms with Gasteiger partial charge in [-0.2, -0.15) is 0 Å². The molecule has 0 radical (unpaired) electrons. The van der Waals surface area contributed by atoms with Gasteiger partial charge in [-0.3, -0.25) is 9.59 Å². The first-order valence-corrected chi connectivity index (χ1v) is 8.09. The van der Waals surface area contributed by atoms with E-state index in [-0.39, 0.29) is 18.4 Å². The van der Waals surface area contributed by atoms with Crippen LogP contribution in [0.2, 0.25) is 5.02 Å². The van der Waals surface area contributed by atoms with Crippen LogP contribution in [0.5, 0.6) is 5.75 Å². The fourth-order valence-electron chi connectivity index (χ4n) is 2.48. The van der Waals surface area contributed by atoms with Crippen molar-refractivity contribution in [2.45, 2.75) is 13.8 Å². The molecule has 0 bridgehead atoms. The van der Waals surface area contributed by atoms with Crippen molar-refractivity contribution in [1.82, 2.24) is 10.2 Å². The van der Waals surface area contributed by atoms with E-state index in [1.54, 1.807) is 19.2 Å². The van der Waals surface area contributed by atoms with E-state index in [4.69, 9.17) is 16.3 Å². The van der Waals surface area contributed by atoms with E-state index in [1.807, 2.05) is 0 Å². The number of fused-ring (bicyclic) bond motifs is 1. The average Bonchev–Trinajstić information content (AvgIpc) is 2.54. The lowest BCUT2D eigenvalue weighted by molar-refractivity contribution is -0.121. The summed E-state index contributed by atoms with van der Waals surface area (Å²) in [6.45, 7) is 7.28. The first-order chi connectivity index (χ1) is 11.0. The molecule has 0 aliphatic carbocycles. The van der Waals surface area contributed by atoms with Gasteiger partial charge in [0.1, 0.15) is 0 Å². The molecule has 0 aromatic heterocycles. The summed E-state index contributed by atoms with van der Waals surface area (Å²) in [5, 5.41) is 3.27. The Morgan fingerprint density at radius 1 is 1.39 bits per heavy atom. The van der Waals surface area contributed by atoms with Crippen LogP contribution < -0.4 is 15.0 Å². The summed E-state index contributed by atoms with van der Waals surface area (Å²) in [6, 6.07) is 3.19. The summed E-state index contributed by atoms with van der Waals surface area (Å²) in [5.41, 5.74) is 0.869. The monoisotopic (exact) mass is 339 g/mol. The molecule has 23 heavy (non-hydrogen) atoms. The van der Waals surface area contributed by atoms with Gasteiger partial charge in [-0.1, -0.05) is 25.4 Å². The second-order valence-electron chi connectivity index (χ2n) is 5.33. The molecule has 0 atom stereocenters. The third-order valence-corrected chi connectivity index (χ3v) is 4.18. The molecule has 1 aromatic carbocycles. The van der Waals surface area contributed by atoms with Gasteiger partial charge < -0.3 is 19.9 Å². The quantitative estimate of drug-likeness (QED) is 0.858. The zero-order valence-electron chi connectivity index (χ0n) is 13.7. The SMILES string of the molecule is CCN(CC)CCNC(=O)c1cc(Cl)cc2c1OCC(=O)N2C. The minimum Gasteiger partial charge on any atom is -0.481 e. The van der Waals surface area contributed by atoms with E-state index in [1.165, 1.54) is 4.90 Å².